The van der Waals surface area contributed by atoms with Crippen molar-refractivity contribution in [2.45, 2.75) is 25.9 Å². The number of hydrogen-bond donors (Lipinski definition) is 0. The Kier molecular flexibility index (Phi) is 5.42. The fourth-order valence-electron chi connectivity index (χ4n) is 2.64. The van der Waals surface area contributed by atoms with Crippen molar-refractivity contribution in [3.05, 3.63) is 47.1 Å². The zero-order valence-electron chi connectivity index (χ0n) is 15.6. The van der Waals surface area contributed by atoms with Crippen LogP contribution in [0.2, 0.25) is 5.02 Å². The van der Waals surface area contributed by atoms with Crippen LogP contribution < -0.4 is 4.74 Å². The van der Waals surface area contributed by atoms with Crippen LogP contribution in [0.25, 0.3) is 10.9 Å². The number of nitrogens with zero attached hydrogens (tertiary/aromatic N) is 5. The Morgan fingerprint density at radius 2 is 1.93 bits per heavy atom. The third-order valence-corrected chi connectivity index (χ3v) is 4.48. The topological polar surface area (TPSA) is 82.4 Å². The molecule has 4 rings (SSSR count). The van der Waals surface area contributed by atoms with Crippen LogP contribution in [-0.2, 0) is 11.0 Å². The molecule has 0 amide bonds. The van der Waals surface area contributed by atoms with Crippen LogP contribution in [0.15, 0.2) is 35.7 Å². The standard InChI is InChI=1S/C19H15ClF3N5O2/c1-10(28-29-9-11-5-6-11)16-15-13(26-17(27-16)19(21,22)23)3-2-4-14(15)30-18-24-7-12(20)8-25-18/h2-4,7-8,11H,5-6,9H2,1H3. The monoisotopic (exact) mass is 437 g/mol. The zero-order chi connectivity index (χ0) is 21.3. The Hall–Kier alpha value is -3.01. The molecule has 30 heavy (non-hydrogen) atoms. The summed E-state index contributed by atoms with van der Waals surface area (Å²) in [5.74, 6) is -0.660. The minimum absolute atomic E-state index is 0.0303. The predicted molar refractivity (Wildman–Crippen MR) is 103 cm³/mol. The molecular formula is C19H15ClF3N5O2. The number of rotatable bonds is 6. The first-order chi connectivity index (χ1) is 14.3. The summed E-state index contributed by atoms with van der Waals surface area (Å²) < 4.78 is 45.7. The number of aromatic nitrogens is 4. The van der Waals surface area contributed by atoms with E-state index in [9.17, 15) is 13.2 Å². The summed E-state index contributed by atoms with van der Waals surface area (Å²) in [7, 11) is 0. The van der Waals surface area contributed by atoms with Crippen LogP contribution in [-0.4, -0.2) is 32.3 Å². The average molecular weight is 438 g/mol. The molecule has 0 radical (unpaired) electrons. The third-order valence-electron chi connectivity index (χ3n) is 4.29. The van der Waals surface area contributed by atoms with Crippen LogP contribution in [0, 0.1) is 5.92 Å². The second-order valence-electron chi connectivity index (χ2n) is 6.75. The second kappa shape index (κ2) is 8.02. The van der Waals surface area contributed by atoms with Gasteiger partial charge >= 0.3 is 12.2 Å². The van der Waals surface area contributed by atoms with Crippen molar-refractivity contribution in [3.8, 4) is 11.8 Å². The Morgan fingerprint density at radius 1 is 1.20 bits per heavy atom. The molecule has 3 aromatic rings. The Balaban J connectivity index is 1.80. The minimum Gasteiger partial charge on any atom is -0.423 e. The van der Waals surface area contributed by atoms with Crippen molar-refractivity contribution in [3.63, 3.8) is 0 Å². The van der Waals surface area contributed by atoms with Crippen LogP contribution in [0.5, 0.6) is 11.8 Å². The lowest BCUT2D eigenvalue weighted by molar-refractivity contribution is -0.144. The maximum Gasteiger partial charge on any atom is 0.451 e. The molecule has 1 saturated carbocycles. The molecule has 2 aromatic heterocycles. The van der Waals surface area contributed by atoms with Gasteiger partial charge in [0.05, 0.1) is 28.3 Å². The number of benzene rings is 1. The molecule has 0 saturated heterocycles. The Labute approximate surface area is 173 Å². The van der Waals surface area contributed by atoms with E-state index in [2.05, 4.69) is 25.1 Å². The molecule has 1 aliphatic rings. The highest BCUT2D eigenvalue weighted by Crippen LogP contribution is 2.34. The first-order valence-electron chi connectivity index (χ1n) is 9.01. The Bertz CT molecular complexity index is 1100. The zero-order valence-corrected chi connectivity index (χ0v) is 16.4. The number of halogens is 4. The van der Waals surface area contributed by atoms with Crippen LogP contribution in [0.3, 0.4) is 0 Å². The fraction of sp³-hybridized carbons (Fsp3) is 0.316. The van der Waals surface area contributed by atoms with Crippen molar-refractivity contribution in [1.82, 2.24) is 19.9 Å². The summed E-state index contributed by atoms with van der Waals surface area (Å²) >= 11 is 5.78. The molecule has 1 aromatic carbocycles. The highest BCUT2D eigenvalue weighted by Gasteiger charge is 2.36. The van der Waals surface area contributed by atoms with Crippen molar-refractivity contribution >= 4 is 28.2 Å². The SMILES string of the molecule is CC(=NOCC1CC1)c1nc(C(F)(F)F)nc2cccc(Oc3ncc(Cl)cn3)c12. The summed E-state index contributed by atoms with van der Waals surface area (Å²) in [5, 5.41) is 4.51. The molecule has 0 N–H and O–H groups in total. The number of fused-ring (bicyclic) bond motifs is 1. The normalized spacial score (nSPS) is 14.8. The smallest absolute Gasteiger partial charge is 0.423 e. The predicted octanol–water partition coefficient (Wildman–Crippen LogP) is 5.03. The summed E-state index contributed by atoms with van der Waals surface area (Å²) in [5.41, 5.74) is 0.157. The number of ether oxygens (including phenoxy) is 1. The van der Waals surface area contributed by atoms with E-state index in [0.717, 1.165) is 12.8 Å². The van der Waals surface area contributed by atoms with Gasteiger partial charge in [-0.25, -0.2) is 19.9 Å². The van der Waals surface area contributed by atoms with E-state index in [4.69, 9.17) is 21.2 Å². The largest absolute Gasteiger partial charge is 0.451 e. The summed E-state index contributed by atoms with van der Waals surface area (Å²) in [4.78, 5) is 20.5. The lowest BCUT2D eigenvalue weighted by Crippen LogP contribution is -2.15. The van der Waals surface area contributed by atoms with E-state index in [1.165, 1.54) is 31.5 Å². The van der Waals surface area contributed by atoms with Gasteiger partial charge in [-0.15, -0.1) is 0 Å². The first-order valence-corrected chi connectivity index (χ1v) is 9.39. The number of alkyl halides is 3. The molecule has 0 atom stereocenters. The van der Waals surface area contributed by atoms with E-state index in [1.54, 1.807) is 6.07 Å². The van der Waals surface area contributed by atoms with Gasteiger partial charge < -0.3 is 9.57 Å². The van der Waals surface area contributed by atoms with Gasteiger partial charge in [-0.3, -0.25) is 0 Å². The van der Waals surface area contributed by atoms with Crippen LogP contribution >= 0.6 is 11.6 Å². The highest BCUT2D eigenvalue weighted by molar-refractivity contribution is 6.30. The summed E-state index contributed by atoms with van der Waals surface area (Å²) in [6.45, 7) is 1.93. The molecule has 0 spiro atoms. The van der Waals surface area contributed by atoms with E-state index in [-0.39, 0.29) is 34.1 Å². The third kappa shape index (κ3) is 4.59. The molecule has 0 unspecified atom stereocenters. The molecule has 2 heterocycles. The van der Waals surface area contributed by atoms with Crippen molar-refractivity contribution in [2.75, 3.05) is 6.61 Å². The van der Waals surface area contributed by atoms with Gasteiger partial charge in [-0.05, 0) is 37.8 Å². The first kappa shape index (κ1) is 20.3. The second-order valence-corrected chi connectivity index (χ2v) is 7.18. The van der Waals surface area contributed by atoms with Crippen molar-refractivity contribution in [1.29, 1.82) is 0 Å². The quantitative estimate of drug-likeness (QED) is 0.397. The van der Waals surface area contributed by atoms with Gasteiger partial charge in [-0.2, -0.15) is 13.2 Å². The van der Waals surface area contributed by atoms with Gasteiger partial charge in [-0.1, -0.05) is 22.8 Å². The average Bonchev–Trinajstić information content (AvgIpc) is 3.52. The fourth-order valence-corrected chi connectivity index (χ4v) is 2.74. The molecule has 1 fully saturated rings. The van der Waals surface area contributed by atoms with Gasteiger partial charge in [0.1, 0.15) is 23.8 Å². The van der Waals surface area contributed by atoms with E-state index >= 15 is 0 Å². The molecule has 0 aliphatic heterocycles. The summed E-state index contributed by atoms with van der Waals surface area (Å²) in [6, 6.07) is 4.47. The number of oxime groups is 1. The maximum absolute atomic E-state index is 13.4. The Morgan fingerprint density at radius 3 is 2.60 bits per heavy atom. The molecule has 11 heteroatoms. The van der Waals surface area contributed by atoms with Crippen molar-refractivity contribution < 1.29 is 22.7 Å². The van der Waals surface area contributed by atoms with E-state index < -0.39 is 12.0 Å². The van der Waals surface area contributed by atoms with Crippen LogP contribution in [0.4, 0.5) is 13.2 Å². The van der Waals surface area contributed by atoms with Gasteiger partial charge in [0.2, 0.25) is 5.82 Å². The van der Waals surface area contributed by atoms with Gasteiger partial charge in [0.25, 0.3) is 0 Å². The maximum atomic E-state index is 13.4. The molecule has 7 nitrogen and oxygen atoms in total. The highest BCUT2D eigenvalue weighted by atomic mass is 35.5. The van der Waals surface area contributed by atoms with Gasteiger partial charge in [0, 0.05) is 0 Å². The van der Waals surface area contributed by atoms with Crippen LogP contribution in [0.1, 0.15) is 31.3 Å². The molecule has 0 bridgehead atoms. The van der Waals surface area contributed by atoms with E-state index in [0.29, 0.717) is 17.5 Å². The lowest BCUT2D eigenvalue weighted by Gasteiger charge is -2.13. The van der Waals surface area contributed by atoms with Crippen molar-refractivity contribution in [2.24, 2.45) is 11.1 Å². The molecular weight excluding hydrogens is 423 g/mol. The summed E-state index contributed by atoms with van der Waals surface area (Å²) in [6.07, 6.45) is 0.0675. The lowest BCUT2D eigenvalue weighted by atomic mass is 10.1. The van der Waals surface area contributed by atoms with Gasteiger partial charge in [0.15, 0.2) is 0 Å². The molecule has 156 valence electrons. The van der Waals surface area contributed by atoms with E-state index in [1.807, 2.05) is 0 Å². The minimum atomic E-state index is -4.73. The molecule has 1 aliphatic carbocycles. The number of hydrogen-bond acceptors (Lipinski definition) is 7.